The number of anilines is 1. The Hall–Kier alpha value is -3.42. The minimum Gasteiger partial charge on any atom is -0.481 e. The van der Waals surface area contributed by atoms with E-state index in [2.05, 4.69) is 16.4 Å². The molecule has 1 N–H and O–H groups in total. The van der Waals surface area contributed by atoms with Crippen LogP contribution in [-0.4, -0.2) is 53.0 Å². The van der Waals surface area contributed by atoms with Crippen LogP contribution in [0.4, 0.5) is 14.9 Å². The molecule has 3 amide bonds. The van der Waals surface area contributed by atoms with Crippen molar-refractivity contribution in [1.29, 1.82) is 0 Å². The number of hydrogen-bond acceptors (Lipinski definition) is 4. The Balaban J connectivity index is 1.33. The van der Waals surface area contributed by atoms with Crippen LogP contribution in [-0.2, 0) is 11.3 Å². The molecule has 2 atom stereocenters. The Bertz CT molecular complexity index is 1070. The smallest absolute Gasteiger partial charge is 0.322 e. The molecule has 1 saturated heterocycles. The van der Waals surface area contributed by atoms with Gasteiger partial charge in [0.05, 0.1) is 19.7 Å². The number of benzene rings is 1. The number of urea groups is 1. The molecule has 0 spiro atoms. The maximum Gasteiger partial charge on any atom is 0.322 e. The molecule has 0 radical (unpaired) electrons. The molecule has 2 bridgehead atoms. The van der Waals surface area contributed by atoms with Crippen LogP contribution in [0.3, 0.4) is 0 Å². The second kappa shape index (κ2) is 7.12. The lowest BCUT2D eigenvalue weighted by Gasteiger charge is -2.33. The van der Waals surface area contributed by atoms with Gasteiger partial charge >= 0.3 is 6.03 Å². The van der Waals surface area contributed by atoms with Crippen LogP contribution in [0.15, 0.2) is 42.6 Å². The van der Waals surface area contributed by atoms with Crippen molar-refractivity contribution in [3.8, 4) is 5.88 Å². The number of hydrogen-bond donors (Lipinski definition) is 1. The van der Waals surface area contributed by atoms with Crippen LogP contribution < -0.4 is 10.1 Å². The SMILES string of the molecule is COc1ncccc1C1=C[C@H]2C[C@@H]1N(C(=O)CN1Cc3cc(F)ccc3NC1=O)C2. The van der Waals surface area contributed by atoms with Crippen molar-refractivity contribution in [2.45, 2.75) is 19.0 Å². The zero-order chi connectivity index (χ0) is 20.8. The highest BCUT2D eigenvalue weighted by Crippen LogP contribution is 2.43. The Morgan fingerprint density at radius 1 is 1.37 bits per heavy atom. The molecule has 5 rings (SSSR count). The van der Waals surface area contributed by atoms with Crippen molar-refractivity contribution >= 4 is 23.2 Å². The number of likely N-dealkylation sites (tertiary alicyclic amines) is 1. The van der Waals surface area contributed by atoms with Crippen molar-refractivity contribution in [3.05, 3.63) is 59.5 Å². The number of nitrogens with zero attached hydrogens (tertiary/aromatic N) is 3. The molecule has 154 valence electrons. The van der Waals surface area contributed by atoms with E-state index in [9.17, 15) is 14.0 Å². The normalized spacial score (nSPS) is 21.9. The number of fused-ring (bicyclic) bond motifs is 3. The monoisotopic (exact) mass is 408 g/mol. The number of halogens is 1. The largest absolute Gasteiger partial charge is 0.481 e. The maximum atomic E-state index is 13.6. The Morgan fingerprint density at radius 2 is 2.23 bits per heavy atom. The molecule has 1 aromatic carbocycles. The fourth-order valence-electron chi connectivity index (χ4n) is 4.64. The van der Waals surface area contributed by atoms with Crippen LogP contribution in [0, 0.1) is 11.7 Å². The summed E-state index contributed by atoms with van der Waals surface area (Å²) in [5.74, 6) is 0.334. The molecule has 7 nitrogen and oxygen atoms in total. The van der Waals surface area contributed by atoms with Gasteiger partial charge in [-0.05, 0) is 53.8 Å². The lowest BCUT2D eigenvalue weighted by molar-refractivity contribution is -0.132. The van der Waals surface area contributed by atoms with Gasteiger partial charge in [-0.25, -0.2) is 14.2 Å². The highest BCUT2D eigenvalue weighted by molar-refractivity contribution is 5.95. The number of carbonyl (C=O) groups is 2. The van der Waals surface area contributed by atoms with Gasteiger partial charge in [0.25, 0.3) is 0 Å². The topological polar surface area (TPSA) is 74.8 Å². The quantitative estimate of drug-likeness (QED) is 0.844. The number of carbonyl (C=O) groups excluding carboxylic acids is 2. The van der Waals surface area contributed by atoms with Crippen molar-refractivity contribution in [3.63, 3.8) is 0 Å². The molecule has 3 aliphatic rings. The van der Waals surface area contributed by atoms with Gasteiger partial charge in [0, 0.05) is 24.0 Å². The molecule has 30 heavy (non-hydrogen) atoms. The number of ether oxygens (including phenoxy) is 1. The predicted molar refractivity (Wildman–Crippen MR) is 108 cm³/mol. The van der Waals surface area contributed by atoms with Crippen molar-refractivity contribution in [1.82, 2.24) is 14.8 Å². The summed E-state index contributed by atoms with van der Waals surface area (Å²) in [6.07, 6.45) is 4.73. The zero-order valence-electron chi connectivity index (χ0n) is 16.5. The van der Waals surface area contributed by atoms with Crippen LogP contribution in [0.1, 0.15) is 17.5 Å². The fraction of sp³-hybridized carbons (Fsp3) is 0.318. The van der Waals surface area contributed by atoms with E-state index in [4.69, 9.17) is 4.74 Å². The van der Waals surface area contributed by atoms with Crippen LogP contribution >= 0.6 is 0 Å². The van der Waals surface area contributed by atoms with Gasteiger partial charge in [-0.3, -0.25) is 4.79 Å². The van der Waals surface area contributed by atoms with Crippen LogP contribution in [0.5, 0.6) is 5.88 Å². The molecule has 1 aromatic heterocycles. The third kappa shape index (κ3) is 3.08. The first-order chi connectivity index (χ1) is 14.5. The van der Waals surface area contributed by atoms with Crippen LogP contribution in [0.2, 0.25) is 0 Å². The average Bonchev–Trinajstić information content (AvgIpc) is 3.35. The first kappa shape index (κ1) is 18.6. The first-order valence-electron chi connectivity index (χ1n) is 9.88. The Morgan fingerprint density at radius 3 is 3.03 bits per heavy atom. The summed E-state index contributed by atoms with van der Waals surface area (Å²) in [4.78, 5) is 33.1. The lowest BCUT2D eigenvalue weighted by Crippen LogP contribution is -2.48. The van der Waals surface area contributed by atoms with E-state index in [0.29, 0.717) is 23.7 Å². The third-order valence-corrected chi connectivity index (χ3v) is 5.99. The molecule has 8 heteroatoms. The maximum absolute atomic E-state index is 13.6. The second-order valence-corrected chi connectivity index (χ2v) is 7.83. The molecule has 2 aliphatic heterocycles. The summed E-state index contributed by atoms with van der Waals surface area (Å²) < 4.78 is 19.0. The predicted octanol–water partition coefficient (Wildman–Crippen LogP) is 2.89. The van der Waals surface area contributed by atoms with E-state index in [1.807, 2.05) is 17.0 Å². The summed E-state index contributed by atoms with van der Waals surface area (Å²) in [6, 6.07) is 7.63. The summed E-state index contributed by atoms with van der Waals surface area (Å²) in [5, 5.41) is 2.73. The molecule has 2 aromatic rings. The average molecular weight is 408 g/mol. The van der Waals surface area contributed by atoms with E-state index >= 15 is 0 Å². The number of nitrogens with one attached hydrogen (secondary N) is 1. The van der Waals surface area contributed by atoms with Gasteiger partial charge in [0.1, 0.15) is 12.4 Å². The van der Waals surface area contributed by atoms with Gasteiger partial charge in [0.15, 0.2) is 0 Å². The minimum absolute atomic E-state index is 0.0531. The number of rotatable bonds is 4. The fourth-order valence-corrected chi connectivity index (χ4v) is 4.64. The number of aromatic nitrogens is 1. The van der Waals surface area contributed by atoms with Crippen LogP contribution in [0.25, 0.3) is 5.57 Å². The highest BCUT2D eigenvalue weighted by atomic mass is 19.1. The lowest BCUT2D eigenvalue weighted by atomic mass is 10.0. The Labute approximate surface area is 173 Å². The number of methoxy groups -OCH3 is 1. The number of pyridine rings is 1. The van der Waals surface area contributed by atoms with Gasteiger partial charge in [-0.2, -0.15) is 0 Å². The molecule has 1 aliphatic carbocycles. The van der Waals surface area contributed by atoms with E-state index in [1.54, 1.807) is 19.4 Å². The van der Waals surface area contributed by atoms with Crippen molar-refractivity contribution in [2.24, 2.45) is 5.92 Å². The van der Waals surface area contributed by atoms with Gasteiger partial charge in [0.2, 0.25) is 11.8 Å². The van der Waals surface area contributed by atoms with Crippen molar-refractivity contribution < 1.29 is 18.7 Å². The second-order valence-electron chi connectivity index (χ2n) is 7.83. The molecule has 1 fully saturated rings. The van der Waals surface area contributed by atoms with Gasteiger partial charge in [-0.1, -0.05) is 6.08 Å². The molecular formula is C22H21FN4O3. The minimum atomic E-state index is -0.367. The summed E-state index contributed by atoms with van der Waals surface area (Å²) >= 11 is 0. The zero-order valence-corrected chi connectivity index (χ0v) is 16.5. The van der Waals surface area contributed by atoms with Gasteiger partial charge in [-0.15, -0.1) is 0 Å². The van der Waals surface area contributed by atoms with E-state index in [1.165, 1.54) is 17.0 Å². The summed E-state index contributed by atoms with van der Waals surface area (Å²) in [5.41, 5.74) is 3.18. The summed E-state index contributed by atoms with van der Waals surface area (Å²) in [6.45, 7) is 0.782. The van der Waals surface area contributed by atoms with Gasteiger partial charge < -0.3 is 19.9 Å². The number of amides is 3. The molecule has 0 saturated carbocycles. The highest BCUT2D eigenvalue weighted by Gasteiger charge is 2.43. The molecule has 0 unspecified atom stereocenters. The Kier molecular flexibility index (Phi) is 4.42. The van der Waals surface area contributed by atoms with Crippen molar-refractivity contribution in [2.75, 3.05) is 25.5 Å². The van der Waals surface area contributed by atoms with E-state index in [-0.39, 0.29) is 42.8 Å². The summed E-state index contributed by atoms with van der Waals surface area (Å²) in [7, 11) is 1.58. The first-order valence-corrected chi connectivity index (χ1v) is 9.88. The molecule has 3 heterocycles. The molecular weight excluding hydrogens is 387 g/mol. The van der Waals surface area contributed by atoms with E-state index in [0.717, 1.165) is 17.6 Å². The third-order valence-electron chi connectivity index (χ3n) is 5.99. The van der Waals surface area contributed by atoms with E-state index < -0.39 is 0 Å². The standard InChI is InChI=1S/C22H21FN4O3/c1-30-21-16(3-2-6-24-21)17-7-13-8-19(17)27(10-13)20(28)12-26-11-14-9-15(23)4-5-18(14)25-22(26)29/h2-7,9,13,19H,8,10-12H2,1H3,(H,25,29)/t13-,19-/m0/s1.